The minimum Gasteiger partial charge on any atom is -0.492 e. The Morgan fingerprint density at radius 3 is 2.39 bits per heavy atom. The fraction of sp³-hybridized carbons (Fsp3) is 0.364. The molecule has 0 unspecified atom stereocenters. The average Bonchev–Trinajstić information content (AvgIpc) is 3.24. The summed E-state index contributed by atoms with van der Waals surface area (Å²) in [6.45, 7) is 4.42. The molecule has 0 bridgehead atoms. The SMILES string of the molecule is CCCCOc1ccc(C(=O)Nc2ccc(C(=O)N3CCCC3)cc2)cc1Br. The summed E-state index contributed by atoms with van der Waals surface area (Å²) in [7, 11) is 0. The molecule has 0 aromatic heterocycles. The molecule has 2 aromatic carbocycles. The summed E-state index contributed by atoms with van der Waals surface area (Å²) in [6.07, 6.45) is 4.20. The zero-order valence-corrected chi connectivity index (χ0v) is 17.6. The standard InChI is InChI=1S/C22H25BrN2O3/c1-2-3-14-28-20-11-8-17(15-19(20)23)21(26)24-18-9-6-16(7-10-18)22(27)25-12-4-5-13-25/h6-11,15H,2-5,12-14H2,1H3,(H,24,26). The monoisotopic (exact) mass is 444 g/mol. The van der Waals surface area contributed by atoms with Gasteiger partial charge >= 0.3 is 0 Å². The van der Waals surface area contributed by atoms with E-state index in [1.165, 1.54) is 0 Å². The van der Waals surface area contributed by atoms with E-state index in [-0.39, 0.29) is 11.8 Å². The first-order valence-corrected chi connectivity index (χ1v) is 10.5. The number of anilines is 1. The van der Waals surface area contributed by atoms with Crippen LogP contribution in [-0.4, -0.2) is 36.4 Å². The highest BCUT2D eigenvalue weighted by molar-refractivity contribution is 9.10. The van der Waals surface area contributed by atoms with Gasteiger partial charge in [-0.25, -0.2) is 0 Å². The van der Waals surface area contributed by atoms with Crippen LogP contribution in [0.2, 0.25) is 0 Å². The number of carbonyl (C=O) groups excluding carboxylic acids is 2. The van der Waals surface area contributed by atoms with Gasteiger partial charge in [-0.15, -0.1) is 0 Å². The van der Waals surface area contributed by atoms with Gasteiger partial charge in [0, 0.05) is 29.9 Å². The van der Waals surface area contributed by atoms with E-state index in [2.05, 4.69) is 28.2 Å². The van der Waals surface area contributed by atoms with E-state index in [0.717, 1.165) is 49.0 Å². The molecule has 1 saturated heterocycles. The smallest absolute Gasteiger partial charge is 0.255 e. The summed E-state index contributed by atoms with van der Waals surface area (Å²) in [5, 5.41) is 2.87. The molecule has 0 radical (unpaired) electrons. The number of ether oxygens (including phenoxy) is 1. The topological polar surface area (TPSA) is 58.6 Å². The van der Waals surface area contributed by atoms with Crippen molar-refractivity contribution in [2.24, 2.45) is 0 Å². The molecule has 3 rings (SSSR count). The highest BCUT2D eigenvalue weighted by Crippen LogP contribution is 2.27. The van der Waals surface area contributed by atoms with Gasteiger partial charge in [0.25, 0.3) is 11.8 Å². The van der Waals surface area contributed by atoms with E-state index in [1.54, 1.807) is 42.5 Å². The number of rotatable bonds is 7. The van der Waals surface area contributed by atoms with Crippen molar-refractivity contribution in [3.8, 4) is 5.75 Å². The van der Waals surface area contributed by atoms with Crippen LogP contribution in [0.1, 0.15) is 53.3 Å². The fourth-order valence-corrected chi connectivity index (χ4v) is 3.58. The second-order valence-electron chi connectivity index (χ2n) is 6.88. The van der Waals surface area contributed by atoms with Crippen LogP contribution in [0.5, 0.6) is 5.75 Å². The highest BCUT2D eigenvalue weighted by Gasteiger charge is 2.19. The molecule has 1 aliphatic rings. The third kappa shape index (κ3) is 5.13. The number of nitrogens with zero attached hydrogens (tertiary/aromatic N) is 1. The molecule has 28 heavy (non-hydrogen) atoms. The van der Waals surface area contributed by atoms with Crippen molar-refractivity contribution in [2.45, 2.75) is 32.6 Å². The van der Waals surface area contributed by atoms with Gasteiger partial charge in [-0.2, -0.15) is 0 Å². The molecule has 1 fully saturated rings. The van der Waals surface area contributed by atoms with Gasteiger partial charge in [-0.1, -0.05) is 13.3 Å². The normalized spacial score (nSPS) is 13.4. The number of hydrogen-bond acceptors (Lipinski definition) is 3. The number of nitrogens with one attached hydrogen (secondary N) is 1. The second-order valence-corrected chi connectivity index (χ2v) is 7.73. The number of hydrogen-bond donors (Lipinski definition) is 1. The summed E-state index contributed by atoms with van der Waals surface area (Å²) >= 11 is 3.46. The Bertz CT molecular complexity index is 830. The van der Waals surface area contributed by atoms with Crippen molar-refractivity contribution in [3.05, 3.63) is 58.1 Å². The predicted molar refractivity (Wildman–Crippen MR) is 114 cm³/mol. The zero-order valence-electron chi connectivity index (χ0n) is 16.0. The van der Waals surface area contributed by atoms with Gasteiger partial charge < -0.3 is 15.0 Å². The Balaban J connectivity index is 1.61. The predicted octanol–water partition coefficient (Wildman–Crippen LogP) is 5.12. The van der Waals surface area contributed by atoms with E-state index < -0.39 is 0 Å². The van der Waals surface area contributed by atoms with E-state index in [1.807, 2.05) is 4.90 Å². The van der Waals surface area contributed by atoms with Gasteiger partial charge in [0.1, 0.15) is 5.75 Å². The molecule has 1 N–H and O–H groups in total. The third-order valence-electron chi connectivity index (χ3n) is 4.73. The van der Waals surface area contributed by atoms with Crippen molar-refractivity contribution in [3.63, 3.8) is 0 Å². The molecule has 2 aromatic rings. The first-order valence-electron chi connectivity index (χ1n) is 9.71. The summed E-state index contributed by atoms with van der Waals surface area (Å²) in [4.78, 5) is 26.8. The van der Waals surface area contributed by atoms with Gasteiger partial charge in [0.15, 0.2) is 0 Å². The molecule has 2 amide bonds. The largest absolute Gasteiger partial charge is 0.492 e. The van der Waals surface area contributed by atoms with Crippen LogP contribution < -0.4 is 10.1 Å². The molecule has 0 atom stereocenters. The minimum absolute atomic E-state index is 0.0537. The van der Waals surface area contributed by atoms with E-state index >= 15 is 0 Å². The van der Waals surface area contributed by atoms with Crippen LogP contribution in [0.4, 0.5) is 5.69 Å². The lowest BCUT2D eigenvalue weighted by Gasteiger charge is -2.15. The summed E-state index contributed by atoms with van der Waals surface area (Å²) in [5.41, 5.74) is 1.84. The molecule has 5 nitrogen and oxygen atoms in total. The molecule has 0 spiro atoms. The maximum absolute atomic E-state index is 12.5. The van der Waals surface area contributed by atoms with E-state index in [0.29, 0.717) is 23.4 Å². The third-order valence-corrected chi connectivity index (χ3v) is 5.35. The van der Waals surface area contributed by atoms with Crippen molar-refractivity contribution in [1.29, 1.82) is 0 Å². The van der Waals surface area contributed by atoms with Crippen LogP contribution in [0.15, 0.2) is 46.9 Å². The van der Waals surface area contributed by atoms with Crippen molar-refractivity contribution >= 4 is 33.4 Å². The Morgan fingerprint density at radius 1 is 1.07 bits per heavy atom. The van der Waals surface area contributed by atoms with Crippen LogP contribution >= 0.6 is 15.9 Å². The van der Waals surface area contributed by atoms with Crippen LogP contribution in [0.25, 0.3) is 0 Å². The highest BCUT2D eigenvalue weighted by atomic mass is 79.9. The average molecular weight is 445 g/mol. The Kier molecular flexibility index (Phi) is 7.09. The second kappa shape index (κ2) is 9.73. The molecule has 1 aliphatic heterocycles. The number of likely N-dealkylation sites (tertiary alicyclic amines) is 1. The van der Waals surface area contributed by atoms with Gasteiger partial charge in [0.05, 0.1) is 11.1 Å². The van der Waals surface area contributed by atoms with Crippen LogP contribution in [-0.2, 0) is 0 Å². The molecule has 148 valence electrons. The first-order chi connectivity index (χ1) is 13.6. The lowest BCUT2D eigenvalue weighted by atomic mass is 10.1. The molecular formula is C22H25BrN2O3. The van der Waals surface area contributed by atoms with Gasteiger partial charge in [-0.3, -0.25) is 9.59 Å². The maximum Gasteiger partial charge on any atom is 0.255 e. The summed E-state index contributed by atoms with van der Waals surface area (Å²) < 4.78 is 6.45. The Labute approximate surface area is 174 Å². The zero-order chi connectivity index (χ0) is 19.9. The summed E-state index contributed by atoms with van der Waals surface area (Å²) in [5.74, 6) is 0.576. The molecular weight excluding hydrogens is 420 g/mol. The molecule has 0 saturated carbocycles. The van der Waals surface area contributed by atoms with E-state index in [9.17, 15) is 9.59 Å². The number of amides is 2. The van der Waals surface area contributed by atoms with Gasteiger partial charge in [0.2, 0.25) is 0 Å². The first kappa shape index (κ1) is 20.4. The Hall–Kier alpha value is -2.34. The lowest BCUT2D eigenvalue weighted by Crippen LogP contribution is -2.27. The van der Waals surface area contributed by atoms with Crippen molar-refractivity contribution in [1.82, 2.24) is 4.90 Å². The van der Waals surface area contributed by atoms with Gasteiger partial charge in [-0.05, 0) is 77.7 Å². The number of benzene rings is 2. The number of unbranched alkanes of at least 4 members (excludes halogenated alkanes) is 1. The van der Waals surface area contributed by atoms with Crippen molar-refractivity contribution in [2.75, 3.05) is 25.0 Å². The lowest BCUT2D eigenvalue weighted by molar-refractivity contribution is 0.0792. The number of carbonyl (C=O) groups is 2. The molecule has 6 heteroatoms. The molecule has 1 heterocycles. The van der Waals surface area contributed by atoms with E-state index in [4.69, 9.17) is 4.74 Å². The molecule has 0 aliphatic carbocycles. The Morgan fingerprint density at radius 2 is 1.75 bits per heavy atom. The quantitative estimate of drug-likeness (QED) is 0.603. The van der Waals surface area contributed by atoms with Crippen LogP contribution in [0, 0.1) is 0 Å². The minimum atomic E-state index is -0.209. The van der Waals surface area contributed by atoms with Crippen molar-refractivity contribution < 1.29 is 14.3 Å². The fourth-order valence-electron chi connectivity index (χ4n) is 3.09. The maximum atomic E-state index is 12.5. The number of halogens is 1. The van der Waals surface area contributed by atoms with Crippen LogP contribution in [0.3, 0.4) is 0 Å². The summed E-state index contributed by atoms with van der Waals surface area (Å²) in [6, 6.07) is 12.3.